The minimum absolute atomic E-state index is 0.0463. The van der Waals surface area contributed by atoms with Gasteiger partial charge in [-0.2, -0.15) is 5.10 Å². The smallest absolute Gasteiger partial charge is 0.272 e. The van der Waals surface area contributed by atoms with E-state index < -0.39 is 0 Å². The summed E-state index contributed by atoms with van der Waals surface area (Å²) in [4.78, 5) is 11.7. The second-order valence-corrected chi connectivity index (χ2v) is 4.36. The van der Waals surface area contributed by atoms with E-state index in [-0.39, 0.29) is 5.91 Å². The van der Waals surface area contributed by atoms with E-state index in [1.54, 1.807) is 16.9 Å². The molecule has 1 aromatic heterocycles. The van der Waals surface area contributed by atoms with E-state index in [0.717, 1.165) is 13.1 Å². The van der Waals surface area contributed by atoms with Crippen LogP contribution in [0.4, 0.5) is 0 Å². The topological polar surface area (TPSA) is 59.0 Å². The maximum atomic E-state index is 11.7. The summed E-state index contributed by atoms with van der Waals surface area (Å²) in [5.41, 5.74) is 0.510. The Morgan fingerprint density at radius 1 is 1.60 bits per heavy atom. The zero-order chi connectivity index (χ0) is 10.4. The zero-order valence-electron chi connectivity index (χ0n) is 8.60. The predicted octanol–water partition coefficient (Wildman–Crippen LogP) is -0.632. The number of aromatic nitrogens is 2. The lowest BCUT2D eigenvalue weighted by molar-refractivity contribution is 0.0941. The molecular formula is C10H14N4O. The highest BCUT2D eigenvalue weighted by atomic mass is 16.2. The lowest BCUT2D eigenvalue weighted by Gasteiger charge is -2.05. The molecule has 80 valence electrons. The van der Waals surface area contributed by atoms with E-state index in [2.05, 4.69) is 15.7 Å². The van der Waals surface area contributed by atoms with Crippen molar-refractivity contribution in [3.05, 3.63) is 18.0 Å². The Bertz CT molecular complexity index is 390. The molecule has 5 heteroatoms. The van der Waals surface area contributed by atoms with Gasteiger partial charge in [0.15, 0.2) is 0 Å². The number of carbonyl (C=O) groups is 1. The third-order valence-corrected chi connectivity index (χ3v) is 3.34. The third kappa shape index (κ3) is 1.43. The second-order valence-electron chi connectivity index (χ2n) is 4.36. The Labute approximate surface area is 87.8 Å². The predicted molar refractivity (Wildman–Crippen MR) is 54.3 cm³/mol. The standard InChI is InChI=1S/C10H14N4O/c1-14-3-2-8(13-14)10(15)12-9-6-4-11-5-7(6)9/h2-3,6-7,9,11H,4-5H2,1H3,(H,12,15). The number of fused-ring (bicyclic) bond motifs is 1. The summed E-state index contributed by atoms with van der Waals surface area (Å²) >= 11 is 0. The van der Waals surface area contributed by atoms with Crippen molar-refractivity contribution in [3.8, 4) is 0 Å². The van der Waals surface area contributed by atoms with E-state index in [0.29, 0.717) is 23.6 Å². The molecule has 3 rings (SSSR count). The monoisotopic (exact) mass is 206 g/mol. The zero-order valence-corrected chi connectivity index (χ0v) is 8.60. The number of amides is 1. The first kappa shape index (κ1) is 8.91. The number of hydrogen-bond acceptors (Lipinski definition) is 3. The molecule has 1 saturated carbocycles. The van der Waals surface area contributed by atoms with Gasteiger partial charge in [-0.15, -0.1) is 0 Å². The third-order valence-electron chi connectivity index (χ3n) is 3.34. The van der Waals surface area contributed by atoms with E-state index in [4.69, 9.17) is 0 Å². The van der Waals surface area contributed by atoms with Gasteiger partial charge in [0.2, 0.25) is 0 Å². The molecule has 2 atom stereocenters. The van der Waals surface area contributed by atoms with Crippen LogP contribution >= 0.6 is 0 Å². The van der Waals surface area contributed by atoms with Gasteiger partial charge in [0.25, 0.3) is 5.91 Å². The van der Waals surface area contributed by atoms with Crippen molar-refractivity contribution >= 4 is 5.91 Å². The van der Waals surface area contributed by atoms with E-state index in [1.807, 2.05) is 7.05 Å². The highest BCUT2D eigenvalue weighted by molar-refractivity contribution is 5.92. The average molecular weight is 206 g/mol. The van der Waals surface area contributed by atoms with Crippen molar-refractivity contribution in [1.82, 2.24) is 20.4 Å². The van der Waals surface area contributed by atoms with Crippen LogP contribution in [0, 0.1) is 11.8 Å². The maximum Gasteiger partial charge on any atom is 0.272 e. The van der Waals surface area contributed by atoms with Crippen molar-refractivity contribution in [2.45, 2.75) is 6.04 Å². The Kier molecular flexibility index (Phi) is 1.82. The molecule has 15 heavy (non-hydrogen) atoms. The Morgan fingerprint density at radius 3 is 2.93 bits per heavy atom. The van der Waals surface area contributed by atoms with Crippen LogP contribution in [0.5, 0.6) is 0 Å². The van der Waals surface area contributed by atoms with Crippen LogP contribution in [0.2, 0.25) is 0 Å². The quantitative estimate of drug-likeness (QED) is 0.677. The SMILES string of the molecule is Cn1ccc(C(=O)NC2C3CNCC32)n1. The fourth-order valence-corrected chi connectivity index (χ4v) is 2.39. The molecule has 2 aliphatic rings. The molecular weight excluding hydrogens is 192 g/mol. The second kappa shape index (κ2) is 3.06. The lowest BCUT2D eigenvalue weighted by atomic mass is 10.3. The molecule has 0 spiro atoms. The molecule has 1 aliphatic heterocycles. The molecule has 1 amide bonds. The van der Waals surface area contributed by atoms with Crippen LogP contribution in [-0.4, -0.2) is 34.8 Å². The number of aryl methyl sites for hydroxylation is 1. The summed E-state index contributed by atoms with van der Waals surface area (Å²) in [6.45, 7) is 2.08. The van der Waals surface area contributed by atoms with Crippen LogP contribution in [0.25, 0.3) is 0 Å². The minimum Gasteiger partial charge on any atom is -0.347 e. The van der Waals surface area contributed by atoms with Gasteiger partial charge in [0, 0.05) is 32.4 Å². The highest BCUT2D eigenvalue weighted by Gasteiger charge is 2.53. The van der Waals surface area contributed by atoms with Crippen molar-refractivity contribution < 1.29 is 4.79 Å². The van der Waals surface area contributed by atoms with Crippen LogP contribution in [-0.2, 0) is 7.05 Å². The average Bonchev–Trinajstić information content (AvgIpc) is 2.66. The molecule has 2 unspecified atom stereocenters. The molecule has 0 aromatic carbocycles. The Hall–Kier alpha value is -1.36. The fourth-order valence-electron chi connectivity index (χ4n) is 2.39. The molecule has 0 bridgehead atoms. The summed E-state index contributed by atoms with van der Waals surface area (Å²) in [6.07, 6.45) is 1.78. The van der Waals surface area contributed by atoms with Crippen LogP contribution in [0.1, 0.15) is 10.5 Å². The number of piperidine rings is 1. The summed E-state index contributed by atoms with van der Waals surface area (Å²) in [5, 5.41) is 10.4. The lowest BCUT2D eigenvalue weighted by Crippen LogP contribution is -2.32. The number of nitrogens with one attached hydrogen (secondary N) is 2. The molecule has 2 heterocycles. The first-order valence-electron chi connectivity index (χ1n) is 5.27. The van der Waals surface area contributed by atoms with Crippen LogP contribution in [0.3, 0.4) is 0 Å². The number of carbonyl (C=O) groups excluding carboxylic acids is 1. The number of nitrogens with zero attached hydrogens (tertiary/aromatic N) is 2. The Balaban J connectivity index is 1.62. The minimum atomic E-state index is -0.0463. The largest absolute Gasteiger partial charge is 0.347 e. The number of hydrogen-bond donors (Lipinski definition) is 2. The normalized spacial score (nSPS) is 32.5. The Morgan fingerprint density at radius 2 is 2.33 bits per heavy atom. The summed E-state index contributed by atoms with van der Waals surface area (Å²) in [6, 6.07) is 2.12. The van der Waals surface area contributed by atoms with Crippen LogP contribution < -0.4 is 10.6 Å². The fraction of sp³-hybridized carbons (Fsp3) is 0.600. The van der Waals surface area contributed by atoms with Gasteiger partial charge in [-0.1, -0.05) is 0 Å². The van der Waals surface area contributed by atoms with Gasteiger partial charge in [-0.3, -0.25) is 9.48 Å². The van der Waals surface area contributed by atoms with Gasteiger partial charge >= 0.3 is 0 Å². The van der Waals surface area contributed by atoms with E-state index in [9.17, 15) is 4.79 Å². The molecule has 5 nitrogen and oxygen atoms in total. The first-order valence-corrected chi connectivity index (χ1v) is 5.27. The van der Waals surface area contributed by atoms with Gasteiger partial charge in [-0.25, -0.2) is 0 Å². The van der Waals surface area contributed by atoms with Gasteiger partial charge in [0.05, 0.1) is 0 Å². The van der Waals surface area contributed by atoms with Crippen molar-refractivity contribution in [2.75, 3.05) is 13.1 Å². The van der Waals surface area contributed by atoms with Crippen molar-refractivity contribution in [2.24, 2.45) is 18.9 Å². The molecule has 2 N–H and O–H groups in total. The summed E-state index contributed by atoms with van der Waals surface area (Å²) in [5.74, 6) is 1.25. The highest BCUT2D eigenvalue weighted by Crippen LogP contribution is 2.41. The van der Waals surface area contributed by atoms with E-state index in [1.165, 1.54) is 0 Å². The van der Waals surface area contributed by atoms with Crippen molar-refractivity contribution in [1.29, 1.82) is 0 Å². The molecule has 0 radical (unpaired) electrons. The first-order chi connectivity index (χ1) is 7.25. The molecule has 1 aliphatic carbocycles. The summed E-state index contributed by atoms with van der Waals surface area (Å²) in [7, 11) is 1.81. The van der Waals surface area contributed by atoms with Gasteiger partial charge in [-0.05, 0) is 17.9 Å². The number of rotatable bonds is 2. The van der Waals surface area contributed by atoms with Gasteiger partial charge < -0.3 is 10.6 Å². The summed E-state index contributed by atoms with van der Waals surface area (Å²) < 4.78 is 1.64. The maximum absolute atomic E-state index is 11.7. The van der Waals surface area contributed by atoms with Gasteiger partial charge in [0.1, 0.15) is 5.69 Å². The van der Waals surface area contributed by atoms with Crippen LogP contribution in [0.15, 0.2) is 12.3 Å². The van der Waals surface area contributed by atoms with E-state index >= 15 is 0 Å². The molecule has 1 aromatic rings. The van der Waals surface area contributed by atoms with Crippen molar-refractivity contribution in [3.63, 3.8) is 0 Å². The molecule has 2 fully saturated rings. The molecule has 1 saturated heterocycles.